The molecule has 0 amide bonds. The van der Waals surface area contributed by atoms with Gasteiger partial charge < -0.3 is 4.79 Å². The maximum absolute atomic E-state index is 11.6. The van der Waals surface area contributed by atoms with Gasteiger partial charge in [0.2, 0.25) is 0 Å². The molecule has 1 heteroatoms. The Hall–Kier alpha value is -0.590. The van der Waals surface area contributed by atoms with E-state index in [9.17, 15) is 4.79 Å². The van der Waals surface area contributed by atoms with Gasteiger partial charge in [0.05, 0.1) is 0 Å². The van der Waals surface area contributed by atoms with Gasteiger partial charge in [-0.05, 0) is 57.3 Å². The molecule has 0 aliphatic heterocycles. The van der Waals surface area contributed by atoms with Crippen molar-refractivity contribution in [2.45, 2.75) is 64.7 Å². The van der Waals surface area contributed by atoms with Crippen LogP contribution < -0.4 is 0 Å². The Bertz CT molecular complexity index is 265. The molecule has 0 spiro atoms. The fourth-order valence-electron chi connectivity index (χ4n) is 3.99. The molecule has 0 N–H and O–H groups in total. The van der Waals surface area contributed by atoms with E-state index in [0.29, 0.717) is 5.92 Å². The monoisotopic (exact) mass is 234 g/mol. The predicted molar refractivity (Wildman–Crippen MR) is 71.8 cm³/mol. The molecule has 0 saturated heterocycles. The van der Waals surface area contributed by atoms with Crippen LogP contribution in [0.5, 0.6) is 0 Å². The second-order valence-electron chi connectivity index (χ2n) is 6.05. The Morgan fingerprint density at radius 3 is 2.18 bits per heavy atom. The lowest BCUT2D eigenvalue weighted by atomic mass is 9.61. The van der Waals surface area contributed by atoms with Gasteiger partial charge in [0.15, 0.2) is 0 Å². The van der Waals surface area contributed by atoms with Crippen molar-refractivity contribution in [2.75, 3.05) is 0 Å². The smallest absolute Gasteiger partial charge is 0.126 e. The molecule has 17 heavy (non-hydrogen) atoms. The SMILES string of the molecule is C/C=C/C1CCC(C2(C=O)CCCCC2)CC1. The number of aldehydes is 1. The number of rotatable bonds is 3. The Labute approximate surface area is 106 Å². The quantitative estimate of drug-likeness (QED) is 0.518. The van der Waals surface area contributed by atoms with Crippen LogP contribution in [0.15, 0.2) is 12.2 Å². The largest absolute Gasteiger partial charge is 0.303 e. The van der Waals surface area contributed by atoms with Gasteiger partial charge >= 0.3 is 0 Å². The second-order valence-corrected chi connectivity index (χ2v) is 6.05. The zero-order chi connectivity index (χ0) is 12.1. The molecule has 0 heterocycles. The summed E-state index contributed by atoms with van der Waals surface area (Å²) in [5.74, 6) is 1.46. The van der Waals surface area contributed by atoms with Crippen molar-refractivity contribution in [3.63, 3.8) is 0 Å². The number of carbonyl (C=O) groups is 1. The first-order valence-electron chi connectivity index (χ1n) is 7.40. The highest BCUT2D eigenvalue weighted by Gasteiger charge is 2.40. The van der Waals surface area contributed by atoms with Crippen LogP contribution in [0.25, 0.3) is 0 Å². The molecule has 2 aliphatic rings. The summed E-state index contributed by atoms with van der Waals surface area (Å²) in [7, 11) is 0. The van der Waals surface area contributed by atoms with Gasteiger partial charge in [-0.15, -0.1) is 0 Å². The summed E-state index contributed by atoms with van der Waals surface area (Å²) in [5.41, 5.74) is 0.0686. The van der Waals surface area contributed by atoms with Gasteiger partial charge in [0.1, 0.15) is 6.29 Å². The lowest BCUT2D eigenvalue weighted by Gasteiger charge is -2.42. The number of hydrogen-bond donors (Lipinski definition) is 0. The third-order valence-corrected chi connectivity index (χ3v) is 5.07. The van der Waals surface area contributed by atoms with Crippen molar-refractivity contribution < 1.29 is 4.79 Å². The van der Waals surface area contributed by atoms with Crippen molar-refractivity contribution >= 4 is 6.29 Å². The molecule has 96 valence electrons. The summed E-state index contributed by atoms with van der Waals surface area (Å²) in [5, 5.41) is 0. The molecule has 0 bridgehead atoms. The van der Waals surface area contributed by atoms with Crippen molar-refractivity contribution in [2.24, 2.45) is 17.3 Å². The minimum atomic E-state index is 0.0686. The molecule has 2 saturated carbocycles. The standard InChI is InChI=1S/C16H26O/c1-2-6-14-7-9-15(10-8-14)16(13-17)11-4-3-5-12-16/h2,6,13-15H,3-5,7-12H2,1H3/b6-2+. The Balaban J connectivity index is 1.96. The summed E-state index contributed by atoms with van der Waals surface area (Å²) < 4.78 is 0. The Kier molecular flexibility index (Phi) is 4.42. The third kappa shape index (κ3) is 2.81. The van der Waals surface area contributed by atoms with E-state index in [0.717, 1.165) is 18.8 Å². The fraction of sp³-hybridized carbons (Fsp3) is 0.812. The van der Waals surface area contributed by atoms with E-state index in [1.807, 2.05) is 0 Å². The van der Waals surface area contributed by atoms with E-state index in [2.05, 4.69) is 19.1 Å². The summed E-state index contributed by atoms with van der Waals surface area (Å²) in [4.78, 5) is 11.6. The number of hydrogen-bond acceptors (Lipinski definition) is 1. The maximum Gasteiger partial charge on any atom is 0.126 e. The van der Waals surface area contributed by atoms with Gasteiger partial charge in [-0.3, -0.25) is 0 Å². The van der Waals surface area contributed by atoms with E-state index >= 15 is 0 Å². The summed E-state index contributed by atoms with van der Waals surface area (Å²) in [6, 6.07) is 0. The van der Waals surface area contributed by atoms with Gasteiger partial charge in [-0.2, -0.15) is 0 Å². The van der Waals surface area contributed by atoms with Gasteiger partial charge in [-0.25, -0.2) is 0 Å². The molecule has 2 rings (SSSR count). The lowest BCUT2D eigenvalue weighted by Crippen LogP contribution is -2.36. The average molecular weight is 234 g/mol. The highest BCUT2D eigenvalue weighted by atomic mass is 16.1. The van der Waals surface area contributed by atoms with Crippen molar-refractivity contribution in [1.82, 2.24) is 0 Å². The molecular formula is C16H26O. The van der Waals surface area contributed by atoms with Gasteiger partial charge in [0.25, 0.3) is 0 Å². The van der Waals surface area contributed by atoms with Crippen LogP contribution in [0.4, 0.5) is 0 Å². The van der Waals surface area contributed by atoms with Crippen LogP contribution in [0.2, 0.25) is 0 Å². The highest BCUT2D eigenvalue weighted by molar-refractivity contribution is 5.60. The van der Waals surface area contributed by atoms with Crippen molar-refractivity contribution in [1.29, 1.82) is 0 Å². The molecule has 0 unspecified atom stereocenters. The van der Waals surface area contributed by atoms with Crippen LogP contribution in [-0.4, -0.2) is 6.29 Å². The van der Waals surface area contributed by atoms with E-state index < -0.39 is 0 Å². The molecule has 0 atom stereocenters. The molecule has 2 aliphatic carbocycles. The normalized spacial score (nSPS) is 33.7. The predicted octanol–water partition coefficient (Wildman–Crippen LogP) is 4.52. The molecule has 0 aromatic carbocycles. The lowest BCUT2D eigenvalue weighted by molar-refractivity contribution is -0.122. The fourth-order valence-corrected chi connectivity index (χ4v) is 3.99. The third-order valence-electron chi connectivity index (χ3n) is 5.07. The first-order chi connectivity index (χ1) is 8.30. The van der Waals surface area contributed by atoms with Crippen LogP contribution in [0, 0.1) is 17.3 Å². The first-order valence-corrected chi connectivity index (χ1v) is 7.40. The highest BCUT2D eigenvalue weighted by Crippen LogP contribution is 2.47. The van der Waals surface area contributed by atoms with Crippen LogP contribution in [0.1, 0.15) is 64.7 Å². The molecule has 0 aromatic rings. The molecule has 2 fully saturated rings. The van der Waals surface area contributed by atoms with Crippen molar-refractivity contribution in [3.05, 3.63) is 12.2 Å². The summed E-state index contributed by atoms with van der Waals surface area (Å²) >= 11 is 0. The van der Waals surface area contributed by atoms with Crippen LogP contribution >= 0.6 is 0 Å². The minimum absolute atomic E-state index is 0.0686. The van der Waals surface area contributed by atoms with Crippen LogP contribution in [0.3, 0.4) is 0 Å². The molecule has 0 aromatic heterocycles. The van der Waals surface area contributed by atoms with E-state index in [1.165, 1.54) is 51.2 Å². The molecular weight excluding hydrogens is 208 g/mol. The Morgan fingerprint density at radius 2 is 1.65 bits per heavy atom. The topological polar surface area (TPSA) is 17.1 Å². The van der Waals surface area contributed by atoms with Crippen LogP contribution in [-0.2, 0) is 4.79 Å². The Morgan fingerprint density at radius 1 is 1.00 bits per heavy atom. The average Bonchev–Trinajstić information content (AvgIpc) is 2.41. The van der Waals surface area contributed by atoms with E-state index in [-0.39, 0.29) is 5.41 Å². The maximum atomic E-state index is 11.6. The van der Waals surface area contributed by atoms with E-state index in [1.54, 1.807) is 0 Å². The second kappa shape index (κ2) is 5.84. The first kappa shape index (κ1) is 12.9. The summed E-state index contributed by atoms with van der Waals surface area (Å²) in [6.07, 6.45) is 17.2. The van der Waals surface area contributed by atoms with Gasteiger partial charge in [0, 0.05) is 5.41 Å². The molecule has 1 nitrogen and oxygen atoms in total. The minimum Gasteiger partial charge on any atom is -0.303 e. The number of carbonyl (C=O) groups excluding carboxylic acids is 1. The van der Waals surface area contributed by atoms with Gasteiger partial charge in [-0.1, -0.05) is 31.4 Å². The zero-order valence-electron chi connectivity index (χ0n) is 11.2. The van der Waals surface area contributed by atoms with E-state index in [4.69, 9.17) is 0 Å². The zero-order valence-corrected chi connectivity index (χ0v) is 11.2. The number of allylic oxidation sites excluding steroid dienone is 2. The molecule has 0 radical (unpaired) electrons. The van der Waals surface area contributed by atoms with Crippen molar-refractivity contribution in [3.8, 4) is 0 Å². The summed E-state index contributed by atoms with van der Waals surface area (Å²) in [6.45, 7) is 2.11.